The first kappa shape index (κ1) is 16.0. The number of aliphatic hydroxyl groups is 1. The summed E-state index contributed by atoms with van der Waals surface area (Å²) in [5.74, 6) is -0.00347. The van der Waals surface area contributed by atoms with E-state index in [2.05, 4.69) is 10.2 Å². The molecule has 21 heavy (non-hydrogen) atoms. The van der Waals surface area contributed by atoms with E-state index >= 15 is 0 Å². The van der Waals surface area contributed by atoms with Crippen molar-refractivity contribution in [3.8, 4) is 0 Å². The average molecular weight is 290 g/mol. The van der Waals surface area contributed by atoms with Gasteiger partial charge in [0.1, 0.15) is 0 Å². The molecule has 2 atom stereocenters. The number of amides is 1. The van der Waals surface area contributed by atoms with Gasteiger partial charge in [-0.2, -0.15) is 0 Å². The summed E-state index contributed by atoms with van der Waals surface area (Å²) < 4.78 is 0. The fourth-order valence-electron chi connectivity index (χ4n) is 3.00. The minimum absolute atomic E-state index is 0.00347. The number of carbonyl (C=O) groups excluding carboxylic acids is 1. The van der Waals surface area contributed by atoms with Gasteiger partial charge < -0.3 is 10.4 Å². The van der Waals surface area contributed by atoms with Crippen molar-refractivity contribution in [3.63, 3.8) is 0 Å². The lowest BCUT2D eigenvalue weighted by atomic mass is 9.98. The van der Waals surface area contributed by atoms with Gasteiger partial charge in [-0.1, -0.05) is 18.6 Å². The summed E-state index contributed by atoms with van der Waals surface area (Å²) >= 11 is 0. The highest BCUT2D eigenvalue weighted by Gasteiger charge is 2.27. The number of nitrogens with one attached hydrogen (secondary N) is 1. The highest BCUT2D eigenvalue weighted by Crippen LogP contribution is 2.20. The molecule has 0 aliphatic carbocycles. The number of anilines is 1. The fourth-order valence-corrected chi connectivity index (χ4v) is 3.00. The standard InChI is InChI=1S/C17H26N2O2/c1-12-7-8-13(2)15(10-12)18-17(21)11-19-9-5-4-6-16(19)14(3)20/h7-8,10,14,16,20H,4-6,9,11H2,1-3H3,(H,18,21). The summed E-state index contributed by atoms with van der Waals surface area (Å²) in [6.07, 6.45) is 2.80. The number of piperidine rings is 1. The second-order valence-electron chi connectivity index (χ2n) is 6.14. The van der Waals surface area contributed by atoms with Crippen LogP contribution in [0.25, 0.3) is 0 Å². The zero-order chi connectivity index (χ0) is 15.4. The van der Waals surface area contributed by atoms with Gasteiger partial charge in [0.25, 0.3) is 0 Å². The topological polar surface area (TPSA) is 52.6 Å². The van der Waals surface area contributed by atoms with E-state index in [-0.39, 0.29) is 18.1 Å². The number of aryl methyl sites for hydroxylation is 2. The Hall–Kier alpha value is -1.39. The predicted molar refractivity (Wildman–Crippen MR) is 85.4 cm³/mol. The second-order valence-corrected chi connectivity index (χ2v) is 6.14. The van der Waals surface area contributed by atoms with Crippen molar-refractivity contribution in [2.75, 3.05) is 18.4 Å². The number of aliphatic hydroxyl groups excluding tert-OH is 1. The molecule has 2 unspecified atom stereocenters. The van der Waals surface area contributed by atoms with E-state index in [0.717, 1.165) is 42.6 Å². The summed E-state index contributed by atoms with van der Waals surface area (Å²) in [5, 5.41) is 12.9. The number of carbonyl (C=O) groups is 1. The molecule has 0 spiro atoms. The lowest BCUT2D eigenvalue weighted by Gasteiger charge is -2.36. The van der Waals surface area contributed by atoms with Crippen LogP contribution in [0.4, 0.5) is 5.69 Å². The van der Waals surface area contributed by atoms with Gasteiger partial charge in [-0.15, -0.1) is 0 Å². The quantitative estimate of drug-likeness (QED) is 0.895. The van der Waals surface area contributed by atoms with Crippen LogP contribution in [-0.2, 0) is 4.79 Å². The Kier molecular flexibility index (Phi) is 5.37. The zero-order valence-electron chi connectivity index (χ0n) is 13.2. The fraction of sp³-hybridized carbons (Fsp3) is 0.588. The maximum Gasteiger partial charge on any atom is 0.238 e. The third-order valence-electron chi connectivity index (χ3n) is 4.23. The van der Waals surface area contributed by atoms with Crippen LogP contribution in [-0.4, -0.2) is 41.1 Å². The molecule has 1 saturated heterocycles. The van der Waals surface area contributed by atoms with Gasteiger partial charge in [0, 0.05) is 11.7 Å². The van der Waals surface area contributed by atoms with Gasteiger partial charge in [0.2, 0.25) is 5.91 Å². The minimum Gasteiger partial charge on any atom is -0.392 e. The Morgan fingerprint density at radius 3 is 2.90 bits per heavy atom. The molecule has 1 amide bonds. The maximum atomic E-state index is 12.3. The first-order valence-corrected chi connectivity index (χ1v) is 7.76. The van der Waals surface area contributed by atoms with Gasteiger partial charge >= 0.3 is 0 Å². The first-order valence-electron chi connectivity index (χ1n) is 7.76. The molecular weight excluding hydrogens is 264 g/mol. The summed E-state index contributed by atoms with van der Waals surface area (Å²) in [5.41, 5.74) is 3.08. The number of hydrogen-bond acceptors (Lipinski definition) is 3. The van der Waals surface area contributed by atoms with Crippen LogP contribution >= 0.6 is 0 Å². The van der Waals surface area contributed by atoms with Gasteiger partial charge in [0.05, 0.1) is 12.6 Å². The van der Waals surface area contributed by atoms with Crippen molar-refractivity contribution in [2.24, 2.45) is 0 Å². The molecule has 1 aliphatic heterocycles. The van der Waals surface area contributed by atoms with E-state index in [4.69, 9.17) is 0 Å². The van der Waals surface area contributed by atoms with Gasteiger partial charge in [-0.3, -0.25) is 9.69 Å². The monoisotopic (exact) mass is 290 g/mol. The molecule has 1 aliphatic rings. The Morgan fingerprint density at radius 1 is 1.43 bits per heavy atom. The molecule has 1 aromatic carbocycles. The van der Waals surface area contributed by atoms with E-state index in [1.54, 1.807) is 0 Å². The maximum absolute atomic E-state index is 12.3. The van der Waals surface area contributed by atoms with Crippen LogP contribution in [0.1, 0.15) is 37.3 Å². The summed E-state index contributed by atoms with van der Waals surface area (Å²) in [7, 11) is 0. The highest BCUT2D eigenvalue weighted by molar-refractivity contribution is 5.93. The van der Waals surface area contributed by atoms with E-state index in [1.807, 2.05) is 39.0 Å². The molecule has 0 radical (unpaired) electrons. The number of hydrogen-bond donors (Lipinski definition) is 2. The SMILES string of the molecule is Cc1ccc(C)c(NC(=O)CN2CCCCC2C(C)O)c1. The molecule has 4 heteroatoms. The number of nitrogens with zero attached hydrogens (tertiary/aromatic N) is 1. The van der Waals surface area contributed by atoms with E-state index in [9.17, 15) is 9.90 Å². The molecule has 4 nitrogen and oxygen atoms in total. The number of benzene rings is 1. The predicted octanol–water partition coefficient (Wildman–Crippen LogP) is 2.48. The second kappa shape index (κ2) is 7.05. The van der Waals surface area contributed by atoms with E-state index in [0.29, 0.717) is 6.54 Å². The summed E-state index contributed by atoms with van der Waals surface area (Å²) in [4.78, 5) is 14.4. The third-order valence-corrected chi connectivity index (χ3v) is 4.23. The molecule has 2 N–H and O–H groups in total. The molecule has 2 rings (SSSR count). The summed E-state index contributed by atoms with van der Waals surface area (Å²) in [6, 6.07) is 6.15. The van der Waals surface area contributed by atoms with Crippen molar-refractivity contribution in [1.82, 2.24) is 4.90 Å². The molecule has 1 fully saturated rings. The van der Waals surface area contributed by atoms with E-state index < -0.39 is 0 Å². The van der Waals surface area contributed by atoms with Crippen LogP contribution in [0.3, 0.4) is 0 Å². The van der Waals surface area contributed by atoms with Gasteiger partial charge in [-0.05, 0) is 57.4 Å². The number of rotatable bonds is 4. The average Bonchev–Trinajstić information content (AvgIpc) is 2.43. The number of likely N-dealkylation sites (tertiary alicyclic amines) is 1. The molecular formula is C17H26N2O2. The molecule has 116 valence electrons. The Bertz CT molecular complexity index is 500. The molecule has 0 aromatic heterocycles. The Morgan fingerprint density at radius 2 is 2.19 bits per heavy atom. The van der Waals surface area contributed by atoms with E-state index in [1.165, 1.54) is 0 Å². The van der Waals surface area contributed by atoms with Crippen LogP contribution in [0, 0.1) is 13.8 Å². The van der Waals surface area contributed by atoms with Crippen molar-refractivity contribution >= 4 is 11.6 Å². The highest BCUT2D eigenvalue weighted by atomic mass is 16.3. The Balaban J connectivity index is 1.98. The van der Waals surface area contributed by atoms with Crippen molar-refractivity contribution in [2.45, 2.75) is 52.2 Å². The smallest absolute Gasteiger partial charge is 0.238 e. The van der Waals surface area contributed by atoms with Crippen LogP contribution in [0.2, 0.25) is 0 Å². The van der Waals surface area contributed by atoms with Crippen molar-refractivity contribution < 1.29 is 9.90 Å². The molecule has 1 aromatic rings. The van der Waals surface area contributed by atoms with Gasteiger partial charge in [0.15, 0.2) is 0 Å². The zero-order valence-corrected chi connectivity index (χ0v) is 13.2. The summed E-state index contributed by atoms with van der Waals surface area (Å²) in [6.45, 7) is 7.06. The molecule has 1 heterocycles. The van der Waals surface area contributed by atoms with Crippen LogP contribution < -0.4 is 5.32 Å². The minimum atomic E-state index is -0.390. The van der Waals surface area contributed by atoms with Crippen molar-refractivity contribution in [1.29, 1.82) is 0 Å². The van der Waals surface area contributed by atoms with Gasteiger partial charge in [-0.25, -0.2) is 0 Å². The Labute approximate surface area is 127 Å². The molecule has 0 bridgehead atoms. The largest absolute Gasteiger partial charge is 0.392 e. The normalized spacial score (nSPS) is 21.0. The lowest BCUT2D eigenvalue weighted by Crippen LogP contribution is -2.48. The van der Waals surface area contributed by atoms with Crippen molar-refractivity contribution in [3.05, 3.63) is 29.3 Å². The van der Waals surface area contributed by atoms with Crippen LogP contribution in [0.5, 0.6) is 0 Å². The molecule has 0 saturated carbocycles. The lowest BCUT2D eigenvalue weighted by molar-refractivity contribution is -0.118. The first-order chi connectivity index (χ1) is 9.97. The van der Waals surface area contributed by atoms with Crippen LogP contribution in [0.15, 0.2) is 18.2 Å². The third kappa shape index (κ3) is 4.29.